The van der Waals surface area contributed by atoms with Crippen LogP contribution in [0.25, 0.3) is 0 Å². The number of benzene rings is 1. The summed E-state index contributed by atoms with van der Waals surface area (Å²) in [6.07, 6.45) is 1.45. The van der Waals surface area contributed by atoms with Crippen LogP contribution in [0.3, 0.4) is 0 Å². The second-order valence-corrected chi connectivity index (χ2v) is 5.49. The highest BCUT2D eigenvalue weighted by molar-refractivity contribution is 8.13. The van der Waals surface area contributed by atoms with Crippen molar-refractivity contribution in [3.8, 4) is 5.75 Å². The zero-order valence-electron chi connectivity index (χ0n) is 11.2. The molecule has 1 fully saturated rings. The van der Waals surface area contributed by atoms with Gasteiger partial charge in [-0.05, 0) is 49.7 Å². The standard InChI is InChI=1S/C14H17NO4S/c1-2-19-13(17)12-7-4-8-15(12)14(18)20-11-6-3-5-10(16)9-11/h3,5-6,9,12,16H,2,4,7-8H2,1H3/t12-/m1/s1. The first-order valence-electron chi connectivity index (χ1n) is 6.56. The Bertz CT molecular complexity index is 506. The molecule has 0 bridgehead atoms. The van der Waals surface area contributed by atoms with Crippen molar-refractivity contribution in [2.24, 2.45) is 0 Å². The van der Waals surface area contributed by atoms with Crippen LogP contribution in [-0.2, 0) is 9.53 Å². The minimum absolute atomic E-state index is 0.117. The maximum absolute atomic E-state index is 12.2. The average molecular weight is 295 g/mol. The average Bonchev–Trinajstić information content (AvgIpc) is 2.88. The van der Waals surface area contributed by atoms with Crippen LogP contribution in [0.2, 0.25) is 0 Å². The van der Waals surface area contributed by atoms with Crippen LogP contribution in [0.1, 0.15) is 19.8 Å². The first-order chi connectivity index (χ1) is 9.61. The van der Waals surface area contributed by atoms with E-state index < -0.39 is 6.04 Å². The minimum atomic E-state index is -0.479. The van der Waals surface area contributed by atoms with Crippen LogP contribution in [-0.4, -0.2) is 40.4 Å². The number of nitrogens with zero attached hydrogens (tertiary/aromatic N) is 1. The molecule has 1 aromatic rings. The van der Waals surface area contributed by atoms with Crippen molar-refractivity contribution in [3.05, 3.63) is 24.3 Å². The number of aromatic hydroxyl groups is 1. The normalized spacial score (nSPS) is 18.1. The lowest BCUT2D eigenvalue weighted by Crippen LogP contribution is -2.39. The Morgan fingerprint density at radius 1 is 1.50 bits per heavy atom. The number of ether oxygens (including phenoxy) is 1. The number of hydrogen-bond donors (Lipinski definition) is 1. The molecule has 1 saturated heterocycles. The fourth-order valence-corrected chi connectivity index (χ4v) is 3.04. The Hall–Kier alpha value is -1.69. The van der Waals surface area contributed by atoms with Crippen molar-refractivity contribution in [3.63, 3.8) is 0 Å². The fourth-order valence-electron chi connectivity index (χ4n) is 2.18. The highest BCUT2D eigenvalue weighted by Crippen LogP contribution is 2.29. The Balaban J connectivity index is 2.02. The number of amides is 1. The largest absolute Gasteiger partial charge is 0.508 e. The summed E-state index contributed by atoms with van der Waals surface area (Å²) in [6.45, 7) is 2.63. The van der Waals surface area contributed by atoms with Gasteiger partial charge < -0.3 is 14.7 Å². The molecule has 0 saturated carbocycles. The van der Waals surface area contributed by atoms with Gasteiger partial charge in [-0.2, -0.15) is 0 Å². The molecule has 1 aliphatic heterocycles. The molecule has 20 heavy (non-hydrogen) atoms. The molecule has 0 unspecified atom stereocenters. The van der Waals surface area contributed by atoms with Crippen LogP contribution in [0, 0.1) is 0 Å². The van der Waals surface area contributed by atoms with E-state index in [0.29, 0.717) is 24.5 Å². The lowest BCUT2D eigenvalue weighted by atomic mass is 10.2. The predicted octanol–water partition coefficient (Wildman–Crippen LogP) is 2.63. The van der Waals surface area contributed by atoms with Crippen LogP contribution in [0.5, 0.6) is 5.75 Å². The van der Waals surface area contributed by atoms with Gasteiger partial charge in [0.05, 0.1) is 6.61 Å². The third-order valence-electron chi connectivity index (χ3n) is 3.07. The maximum atomic E-state index is 12.2. The summed E-state index contributed by atoms with van der Waals surface area (Å²) in [5.41, 5.74) is 0. The molecular weight excluding hydrogens is 278 g/mol. The van der Waals surface area contributed by atoms with Gasteiger partial charge in [0.1, 0.15) is 11.8 Å². The van der Waals surface area contributed by atoms with Crippen molar-refractivity contribution < 1.29 is 19.4 Å². The number of carbonyl (C=O) groups is 2. The number of carbonyl (C=O) groups excluding carboxylic acids is 2. The predicted molar refractivity (Wildman–Crippen MR) is 75.7 cm³/mol. The number of rotatable bonds is 3. The van der Waals surface area contributed by atoms with Gasteiger partial charge in [-0.15, -0.1) is 0 Å². The number of esters is 1. The van der Waals surface area contributed by atoms with Gasteiger partial charge in [-0.1, -0.05) is 6.07 Å². The molecule has 1 atom stereocenters. The highest BCUT2D eigenvalue weighted by Gasteiger charge is 2.35. The second-order valence-electron chi connectivity index (χ2n) is 4.47. The Kier molecular flexibility index (Phi) is 4.89. The minimum Gasteiger partial charge on any atom is -0.508 e. The summed E-state index contributed by atoms with van der Waals surface area (Å²) in [5.74, 6) is -0.221. The summed E-state index contributed by atoms with van der Waals surface area (Å²) in [6, 6.07) is 6.02. The molecule has 0 aliphatic carbocycles. The number of phenolic OH excluding ortho intramolecular Hbond substituents is 1. The van der Waals surface area contributed by atoms with Gasteiger partial charge >= 0.3 is 5.97 Å². The van der Waals surface area contributed by atoms with Crippen molar-refractivity contribution in [1.82, 2.24) is 4.90 Å². The van der Waals surface area contributed by atoms with Crippen LogP contribution in [0.15, 0.2) is 29.2 Å². The third-order valence-corrected chi connectivity index (χ3v) is 3.97. The van der Waals surface area contributed by atoms with Crippen molar-refractivity contribution >= 4 is 23.0 Å². The molecule has 0 radical (unpaired) electrons. The van der Waals surface area contributed by atoms with E-state index in [2.05, 4.69) is 0 Å². The molecule has 1 N–H and O–H groups in total. The molecular formula is C14H17NO4S. The van der Waals surface area contributed by atoms with E-state index in [-0.39, 0.29) is 17.0 Å². The molecule has 0 spiro atoms. The van der Waals surface area contributed by atoms with Gasteiger partial charge in [0.15, 0.2) is 0 Å². The van der Waals surface area contributed by atoms with Crippen LogP contribution < -0.4 is 0 Å². The number of likely N-dealkylation sites (tertiary alicyclic amines) is 1. The van der Waals surface area contributed by atoms with Gasteiger partial charge in [0, 0.05) is 11.4 Å². The monoisotopic (exact) mass is 295 g/mol. The van der Waals surface area contributed by atoms with E-state index in [1.165, 1.54) is 6.07 Å². The first-order valence-corrected chi connectivity index (χ1v) is 7.37. The summed E-state index contributed by atoms with van der Waals surface area (Å²) < 4.78 is 4.99. The van der Waals surface area contributed by atoms with Gasteiger partial charge in [0.2, 0.25) is 0 Å². The fraction of sp³-hybridized carbons (Fsp3) is 0.429. The Morgan fingerprint density at radius 2 is 2.30 bits per heavy atom. The SMILES string of the molecule is CCOC(=O)[C@H]1CCCN1C(=O)Sc1cccc(O)c1. The van der Waals surface area contributed by atoms with E-state index in [4.69, 9.17) is 4.74 Å². The molecule has 6 heteroatoms. The molecule has 1 heterocycles. The molecule has 1 amide bonds. The lowest BCUT2D eigenvalue weighted by molar-refractivity contribution is -0.147. The third kappa shape index (κ3) is 3.45. The summed E-state index contributed by atoms with van der Waals surface area (Å²) in [5, 5.41) is 9.20. The van der Waals surface area contributed by atoms with Crippen LogP contribution >= 0.6 is 11.8 Å². The van der Waals surface area contributed by atoms with Crippen molar-refractivity contribution in [1.29, 1.82) is 0 Å². The van der Waals surface area contributed by atoms with E-state index in [0.717, 1.165) is 18.2 Å². The zero-order chi connectivity index (χ0) is 14.5. The smallest absolute Gasteiger partial charge is 0.328 e. The van der Waals surface area contributed by atoms with Crippen LogP contribution in [0.4, 0.5) is 4.79 Å². The quantitative estimate of drug-likeness (QED) is 0.686. The zero-order valence-corrected chi connectivity index (χ0v) is 12.1. The highest BCUT2D eigenvalue weighted by atomic mass is 32.2. The maximum Gasteiger partial charge on any atom is 0.328 e. The summed E-state index contributed by atoms with van der Waals surface area (Å²) >= 11 is 1.01. The molecule has 5 nitrogen and oxygen atoms in total. The van der Waals surface area contributed by atoms with E-state index in [1.54, 1.807) is 30.0 Å². The Morgan fingerprint density at radius 3 is 3.00 bits per heavy atom. The van der Waals surface area contributed by atoms with E-state index >= 15 is 0 Å². The van der Waals surface area contributed by atoms with Crippen molar-refractivity contribution in [2.45, 2.75) is 30.7 Å². The molecule has 2 rings (SSSR count). The first kappa shape index (κ1) is 14.7. The Labute approximate surface area is 121 Å². The van der Waals surface area contributed by atoms with E-state index in [9.17, 15) is 14.7 Å². The number of hydrogen-bond acceptors (Lipinski definition) is 5. The molecule has 1 aromatic carbocycles. The van der Waals surface area contributed by atoms with Crippen molar-refractivity contribution in [2.75, 3.05) is 13.2 Å². The molecule has 1 aliphatic rings. The molecule has 0 aromatic heterocycles. The second kappa shape index (κ2) is 6.65. The van der Waals surface area contributed by atoms with Gasteiger partial charge in [0.25, 0.3) is 5.24 Å². The topological polar surface area (TPSA) is 66.8 Å². The van der Waals surface area contributed by atoms with Gasteiger partial charge in [-0.3, -0.25) is 4.79 Å². The number of thioether (sulfide) groups is 1. The number of phenols is 1. The van der Waals surface area contributed by atoms with Gasteiger partial charge in [-0.25, -0.2) is 4.79 Å². The lowest BCUT2D eigenvalue weighted by Gasteiger charge is -2.22. The van der Waals surface area contributed by atoms with E-state index in [1.807, 2.05) is 0 Å². The summed E-state index contributed by atoms with van der Waals surface area (Å²) in [4.78, 5) is 26.3. The molecule has 108 valence electrons. The summed E-state index contributed by atoms with van der Waals surface area (Å²) in [7, 11) is 0.